The molecule has 0 aromatic carbocycles. The second kappa shape index (κ2) is 58.1. The first-order valence-electron chi connectivity index (χ1n) is 28.7. The number of ether oxygens (including phenoxy) is 3. The molecule has 6 nitrogen and oxygen atoms in total. The van der Waals surface area contributed by atoms with E-state index in [1.54, 1.807) is 0 Å². The summed E-state index contributed by atoms with van der Waals surface area (Å²) in [6.45, 7) is 6.38. The highest BCUT2D eigenvalue weighted by Crippen LogP contribution is 2.13. The molecule has 0 rings (SSSR count). The molecule has 0 bridgehead atoms. The van der Waals surface area contributed by atoms with E-state index in [4.69, 9.17) is 14.2 Å². The van der Waals surface area contributed by atoms with Gasteiger partial charge in [-0.15, -0.1) is 0 Å². The Morgan fingerprint density at radius 2 is 0.577 bits per heavy atom. The van der Waals surface area contributed by atoms with Gasteiger partial charge in [-0.1, -0.05) is 225 Å². The molecule has 400 valence electrons. The van der Waals surface area contributed by atoms with E-state index in [0.29, 0.717) is 19.3 Å². The van der Waals surface area contributed by atoms with E-state index < -0.39 is 6.10 Å². The third-order valence-corrected chi connectivity index (χ3v) is 11.6. The maximum atomic E-state index is 12.9. The number of hydrogen-bond donors (Lipinski definition) is 0. The van der Waals surface area contributed by atoms with Crippen LogP contribution in [0, 0.1) is 0 Å². The van der Waals surface area contributed by atoms with Crippen molar-refractivity contribution in [3.63, 3.8) is 0 Å². The summed E-state index contributed by atoms with van der Waals surface area (Å²) in [4.78, 5) is 38.1. The molecule has 0 saturated carbocycles. The zero-order valence-corrected chi connectivity index (χ0v) is 45.7. The Bertz CT molecular complexity index is 1550. The summed E-state index contributed by atoms with van der Waals surface area (Å²) in [6, 6.07) is 0. The molecule has 6 heteroatoms. The van der Waals surface area contributed by atoms with Gasteiger partial charge in [-0.25, -0.2) is 0 Å². The Kier molecular flexibility index (Phi) is 54.5. The van der Waals surface area contributed by atoms with E-state index in [1.165, 1.54) is 89.9 Å². The number of esters is 3. The van der Waals surface area contributed by atoms with Crippen molar-refractivity contribution in [3.8, 4) is 0 Å². The van der Waals surface area contributed by atoms with Crippen LogP contribution in [0.25, 0.3) is 0 Å². The number of rotatable bonds is 50. The van der Waals surface area contributed by atoms with E-state index in [2.05, 4.69) is 148 Å². The lowest BCUT2D eigenvalue weighted by molar-refractivity contribution is -0.166. The fourth-order valence-electron chi connectivity index (χ4n) is 7.33. The van der Waals surface area contributed by atoms with Crippen LogP contribution in [-0.2, 0) is 28.6 Å². The lowest BCUT2D eigenvalue weighted by Gasteiger charge is -2.18. The highest BCUT2D eigenvalue weighted by atomic mass is 16.6. The maximum absolute atomic E-state index is 12.9. The topological polar surface area (TPSA) is 78.9 Å². The molecule has 0 saturated heterocycles. The van der Waals surface area contributed by atoms with E-state index in [1.807, 2.05) is 6.08 Å². The summed E-state index contributed by atoms with van der Waals surface area (Å²) < 4.78 is 16.8. The molecule has 0 spiro atoms. The van der Waals surface area contributed by atoms with Crippen molar-refractivity contribution in [2.45, 2.75) is 245 Å². The lowest BCUT2D eigenvalue weighted by Crippen LogP contribution is -2.30. The normalized spacial score (nSPS) is 13.1. The third kappa shape index (κ3) is 56.3. The molecule has 0 radical (unpaired) electrons. The molecule has 0 fully saturated rings. The number of unbranched alkanes of at least 4 members (excludes halogenated alkanes) is 17. The molecule has 0 amide bonds. The van der Waals surface area contributed by atoms with Gasteiger partial charge in [-0.05, 0) is 128 Å². The molecule has 0 aromatic heterocycles. The van der Waals surface area contributed by atoms with Gasteiger partial charge in [0.1, 0.15) is 13.2 Å². The van der Waals surface area contributed by atoms with Crippen molar-refractivity contribution in [2.75, 3.05) is 13.2 Å². The van der Waals surface area contributed by atoms with Crippen molar-refractivity contribution >= 4 is 17.9 Å². The summed E-state index contributed by atoms with van der Waals surface area (Å²) in [5.41, 5.74) is 0. The van der Waals surface area contributed by atoms with Crippen LogP contribution in [0.2, 0.25) is 0 Å². The van der Waals surface area contributed by atoms with Crippen molar-refractivity contribution in [1.82, 2.24) is 0 Å². The standard InChI is InChI=1S/C65H104O6/c1-4-7-10-13-16-19-22-25-28-30-32-34-37-40-43-46-49-52-55-58-64(67)70-61-62(60-69-63(66)57-54-51-48-45-42-39-36-27-24-21-18-15-12-9-6-3)71-65(68)59-56-53-50-47-44-41-38-35-33-31-29-26-23-20-17-14-11-8-5-2/h8,11,16-17,19-21,24-26,28-29,32-35,40-41,43-44,49,52,62H,4-7,9-10,12-15,18,22-23,27,30-31,36-39,42,45-48,50-51,53-61H2,1-3H3/b11-8-,19-16-,20-17-,24-21-,28-25-,29-26-,34-32-,35-33-,43-40-,44-41-,52-49-/t62-/m0/s1. The van der Waals surface area contributed by atoms with Crippen LogP contribution in [0.1, 0.15) is 239 Å². The Morgan fingerprint density at radius 1 is 0.296 bits per heavy atom. The number of carbonyl (C=O) groups excluding carboxylic acids is 3. The van der Waals surface area contributed by atoms with Gasteiger partial charge in [0, 0.05) is 19.3 Å². The SMILES string of the molecule is CC/C=C\C/C=C\C/C=C\C/C=C\C/C=C\CCCCCC(=O)O[C@H](COC(=O)CC/C=C\C/C=C\C/C=C\C/C=C\C/C=C\CCCCC)COC(=O)CCCCCCCCC/C=C\CCCCCC. The Morgan fingerprint density at radius 3 is 1.00 bits per heavy atom. The highest BCUT2D eigenvalue weighted by molar-refractivity contribution is 5.71. The van der Waals surface area contributed by atoms with Gasteiger partial charge in [0.2, 0.25) is 0 Å². The van der Waals surface area contributed by atoms with Gasteiger partial charge in [0.15, 0.2) is 6.10 Å². The lowest BCUT2D eigenvalue weighted by atomic mass is 10.1. The fourth-order valence-corrected chi connectivity index (χ4v) is 7.33. The van der Waals surface area contributed by atoms with E-state index in [-0.39, 0.29) is 44.0 Å². The van der Waals surface area contributed by atoms with Crippen LogP contribution in [0.15, 0.2) is 134 Å². The predicted molar refractivity (Wildman–Crippen MR) is 306 cm³/mol. The van der Waals surface area contributed by atoms with Crippen molar-refractivity contribution in [3.05, 3.63) is 134 Å². The van der Waals surface area contributed by atoms with Crippen LogP contribution in [0.4, 0.5) is 0 Å². The first-order chi connectivity index (χ1) is 35.0. The largest absolute Gasteiger partial charge is 0.462 e. The summed E-state index contributed by atoms with van der Waals surface area (Å²) in [6.07, 6.45) is 81.6. The summed E-state index contributed by atoms with van der Waals surface area (Å²) in [5.74, 6) is -1.05. The Hall–Kier alpha value is -4.45. The van der Waals surface area contributed by atoms with E-state index >= 15 is 0 Å². The van der Waals surface area contributed by atoms with E-state index in [9.17, 15) is 14.4 Å². The number of carbonyl (C=O) groups is 3. The van der Waals surface area contributed by atoms with Crippen LogP contribution in [0.5, 0.6) is 0 Å². The van der Waals surface area contributed by atoms with Gasteiger partial charge < -0.3 is 14.2 Å². The monoisotopic (exact) mass is 981 g/mol. The Balaban J connectivity index is 4.59. The molecule has 0 N–H and O–H groups in total. The van der Waals surface area contributed by atoms with Gasteiger partial charge in [-0.3, -0.25) is 14.4 Å². The van der Waals surface area contributed by atoms with E-state index in [0.717, 1.165) is 96.3 Å². The summed E-state index contributed by atoms with van der Waals surface area (Å²) >= 11 is 0. The zero-order valence-electron chi connectivity index (χ0n) is 45.7. The number of hydrogen-bond acceptors (Lipinski definition) is 6. The van der Waals surface area contributed by atoms with Crippen LogP contribution in [-0.4, -0.2) is 37.2 Å². The second-order valence-electron chi connectivity index (χ2n) is 18.5. The molecule has 0 aromatic rings. The first kappa shape index (κ1) is 66.6. The third-order valence-electron chi connectivity index (χ3n) is 11.6. The minimum absolute atomic E-state index is 0.121. The molecule has 0 aliphatic rings. The first-order valence-corrected chi connectivity index (χ1v) is 28.7. The minimum Gasteiger partial charge on any atom is -0.462 e. The van der Waals surface area contributed by atoms with Gasteiger partial charge in [0.05, 0.1) is 0 Å². The van der Waals surface area contributed by atoms with Crippen molar-refractivity contribution < 1.29 is 28.6 Å². The van der Waals surface area contributed by atoms with Crippen molar-refractivity contribution in [1.29, 1.82) is 0 Å². The molecular weight excluding hydrogens is 877 g/mol. The van der Waals surface area contributed by atoms with Gasteiger partial charge in [0.25, 0.3) is 0 Å². The predicted octanol–water partition coefficient (Wildman–Crippen LogP) is 19.4. The molecule has 0 aliphatic heterocycles. The quantitative estimate of drug-likeness (QED) is 0.0262. The fraction of sp³-hybridized carbons (Fsp3) is 0.615. The smallest absolute Gasteiger partial charge is 0.306 e. The maximum Gasteiger partial charge on any atom is 0.306 e. The van der Waals surface area contributed by atoms with Crippen LogP contribution in [0.3, 0.4) is 0 Å². The highest BCUT2D eigenvalue weighted by Gasteiger charge is 2.19. The summed E-state index contributed by atoms with van der Waals surface area (Å²) in [5, 5.41) is 0. The minimum atomic E-state index is -0.833. The molecular formula is C65H104O6. The average molecular weight is 982 g/mol. The van der Waals surface area contributed by atoms with Crippen LogP contribution < -0.4 is 0 Å². The van der Waals surface area contributed by atoms with Gasteiger partial charge in [-0.2, -0.15) is 0 Å². The van der Waals surface area contributed by atoms with Gasteiger partial charge >= 0.3 is 17.9 Å². The molecule has 0 heterocycles. The number of allylic oxidation sites excluding steroid dienone is 22. The Labute approximate surface area is 436 Å². The molecule has 71 heavy (non-hydrogen) atoms. The van der Waals surface area contributed by atoms with Crippen molar-refractivity contribution in [2.24, 2.45) is 0 Å². The zero-order chi connectivity index (χ0) is 51.4. The molecule has 1 atom stereocenters. The molecule has 0 aliphatic carbocycles. The summed E-state index contributed by atoms with van der Waals surface area (Å²) in [7, 11) is 0. The van der Waals surface area contributed by atoms with Crippen LogP contribution >= 0.6 is 0 Å². The molecule has 0 unspecified atom stereocenters. The average Bonchev–Trinajstić information content (AvgIpc) is 3.37. The second-order valence-corrected chi connectivity index (χ2v) is 18.5.